The summed E-state index contributed by atoms with van der Waals surface area (Å²) in [6, 6.07) is 24.3. The fourth-order valence-electron chi connectivity index (χ4n) is 5.29. The number of aromatic hydroxyl groups is 1. The lowest BCUT2D eigenvalue weighted by Gasteiger charge is -2.10. The average molecular weight is 605 g/mol. The van der Waals surface area contributed by atoms with Crippen molar-refractivity contribution in [1.82, 2.24) is 15.0 Å². The molecule has 0 radical (unpaired) electrons. The lowest BCUT2D eigenvalue weighted by Crippen LogP contribution is -2.11. The smallest absolute Gasteiger partial charge is 0.224 e. The number of nitrogens with one attached hydrogen (secondary N) is 1. The number of carbonyl (C=O) groups excluding carboxylic acids is 1. The summed E-state index contributed by atoms with van der Waals surface area (Å²) >= 11 is 0. The molecule has 0 spiro atoms. The number of hydrogen-bond acceptors (Lipinski definition) is 5. The number of para-hydroxylation sites is 1. The summed E-state index contributed by atoms with van der Waals surface area (Å²) in [5, 5.41) is 13.5. The number of unbranched alkanes of at least 4 members (excludes halogenated alkanes) is 11. The molecule has 236 valence electrons. The molecule has 3 aromatic carbocycles. The highest BCUT2D eigenvalue weighted by Gasteiger charge is 2.14. The van der Waals surface area contributed by atoms with Crippen molar-refractivity contribution in [3.05, 3.63) is 91.0 Å². The Balaban J connectivity index is 1.21. The van der Waals surface area contributed by atoms with Crippen LogP contribution in [0.25, 0.3) is 34.2 Å². The van der Waals surface area contributed by atoms with Crippen LogP contribution in [0.5, 0.6) is 5.75 Å². The molecular formula is C39H48N4O2. The fraction of sp³-hybridized carbons (Fsp3) is 0.385. The number of anilines is 1. The third-order valence-corrected chi connectivity index (χ3v) is 7.90. The van der Waals surface area contributed by atoms with E-state index < -0.39 is 0 Å². The minimum Gasteiger partial charge on any atom is -0.507 e. The largest absolute Gasteiger partial charge is 0.507 e. The van der Waals surface area contributed by atoms with E-state index in [1.807, 2.05) is 60.7 Å². The molecule has 0 aliphatic carbocycles. The highest BCUT2D eigenvalue weighted by Crippen LogP contribution is 2.30. The Morgan fingerprint density at radius 2 is 1.16 bits per heavy atom. The minimum absolute atomic E-state index is 0.0359. The summed E-state index contributed by atoms with van der Waals surface area (Å²) in [5.74, 6) is 1.56. The summed E-state index contributed by atoms with van der Waals surface area (Å²) in [6.07, 6.45) is 21.4. The third-order valence-electron chi connectivity index (χ3n) is 7.90. The molecule has 0 saturated heterocycles. The van der Waals surface area contributed by atoms with E-state index in [0.29, 0.717) is 29.5 Å². The predicted octanol–water partition coefficient (Wildman–Crippen LogP) is 10.6. The molecule has 4 aromatic rings. The highest BCUT2D eigenvalue weighted by molar-refractivity contribution is 5.90. The second-order valence-corrected chi connectivity index (χ2v) is 11.6. The van der Waals surface area contributed by atoms with Gasteiger partial charge in [-0.15, -0.1) is 0 Å². The molecule has 4 rings (SSSR count). The van der Waals surface area contributed by atoms with Gasteiger partial charge in [0.15, 0.2) is 17.5 Å². The molecule has 0 atom stereocenters. The molecule has 0 unspecified atom stereocenters. The minimum atomic E-state index is 0.0359. The maximum Gasteiger partial charge on any atom is 0.224 e. The van der Waals surface area contributed by atoms with Gasteiger partial charge in [-0.3, -0.25) is 4.79 Å². The van der Waals surface area contributed by atoms with E-state index in [2.05, 4.69) is 34.4 Å². The zero-order chi connectivity index (χ0) is 31.5. The first-order valence-electron chi connectivity index (χ1n) is 16.8. The van der Waals surface area contributed by atoms with Crippen LogP contribution in [0.3, 0.4) is 0 Å². The van der Waals surface area contributed by atoms with E-state index in [-0.39, 0.29) is 11.7 Å². The van der Waals surface area contributed by atoms with Gasteiger partial charge in [-0.1, -0.05) is 113 Å². The van der Waals surface area contributed by atoms with Gasteiger partial charge >= 0.3 is 0 Å². The number of nitrogens with zero attached hydrogens (tertiary/aromatic N) is 3. The zero-order valence-electron chi connectivity index (χ0n) is 26.8. The molecule has 6 nitrogen and oxygen atoms in total. The van der Waals surface area contributed by atoms with E-state index in [1.165, 1.54) is 70.6 Å². The first kappa shape index (κ1) is 33.6. The summed E-state index contributed by atoms with van der Waals surface area (Å²) in [6.45, 7) is 2.26. The molecule has 1 heterocycles. The molecule has 0 bridgehead atoms. The van der Waals surface area contributed by atoms with E-state index >= 15 is 0 Å². The molecule has 1 aromatic heterocycles. The van der Waals surface area contributed by atoms with Gasteiger partial charge in [0.2, 0.25) is 5.91 Å². The van der Waals surface area contributed by atoms with Crippen molar-refractivity contribution in [3.63, 3.8) is 0 Å². The molecule has 6 heteroatoms. The fourth-order valence-corrected chi connectivity index (χ4v) is 5.29. The summed E-state index contributed by atoms with van der Waals surface area (Å²) in [7, 11) is 0. The zero-order valence-corrected chi connectivity index (χ0v) is 26.8. The highest BCUT2D eigenvalue weighted by atomic mass is 16.3. The molecule has 0 aliphatic heterocycles. The van der Waals surface area contributed by atoms with Gasteiger partial charge in [0.25, 0.3) is 0 Å². The van der Waals surface area contributed by atoms with Gasteiger partial charge in [0, 0.05) is 23.2 Å². The molecule has 45 heavy (non-hydrogen) atoms. The first-order chi connectivity index (χ1) is 22.1. The molecular weight excluding hydrogens is 556 g/mol. The van der Waals surface area contributed by atoms with Gasteiger partial charge in [-0.25, -0.2) is 15.0 Å². The van der Waals surface area contributed by atoms with Crippen molar-refractivity contribution in [2.45, 2.75) is 96.8 Å². The molecule has 1 amide bonds. The van der Waals surface area contributed by atoms with Crippen LogP contribution in [-0.4, -0.2) is 26.0 Å². The number of hydrogen-bond donors (Lipinski definition) is 2. The van der Waals surface area contributed by atoms with Crippen LogP contribution in [0.2, 0.25) is 0 Å². The Morgan fingerprint density at radius 1 is 0.622 bits per heavy atom. The van der Waals surface area contributed by atoms with Gasteiger partial charge in [0.1, 0.15) is 5.75 Å². The second-order valence-electron chi connectivity index (χ2n) is 11.6. The van der Waals surface area contributed by atoms with Crippen molar-refractivity contribution < 1.29 is 9.90 Å². The number of amides is 1. The number of rotatable bonds is 19. The van der Waals surface area contributed by atoms with Gasteiger partial charge in [-0.2, -0.15) is 0 Å². The lowest BCUT2D eigenvalue weighted by atomic mass is 10.1. The monoisotopic (exact) mass is 604 g/mol. The van der Waals surface area contributed by atoms with Crippen LogP contribution in [-0.2, 0) is 4.79 Å². The Labute approximate surface area is 269 Å². The SMILES string of the molecule is CCCCCCCCC=CCCCCCCCC(=O)Nc1ccc(-c2nc(-c3ccccc3)nc(-c3ccccc3O)n2)cc1. The van der Waals surface area contributed by atoms with Crippen LogP contribution in [0, 0.1) is 0 Å². The van der Waals surface area contributed by atoms with Crippen molar-refractivity contribution in [1.29, 1.82) is 0 Å². The topological polar surface area (TPSA) is 88.0 Å². The first-order valence-corrected chi connectivity index (χ1v) is 16.8. The van der Waals surface area contributed by atoms with Crippen LogP contribution < -0.4 is 5.32 Å². The third kappa shape index (κ3) is 11.6. The molecule has 2 N–H and O–H groups in total. The lowest BCUT2D eigenvalue weighted by molar-refractivity contribution is -0.116. The normalized spacial score (nSPS) is 11.2. The Hall–Kier alpha value is -4.32. The summed E-state index contributed by atoms with van der Waals surface area (Å²) in [4.78, 5) is 26.6. The maximum absolute atomic E-state index is 12.6. The van der Waals surface area contributed by atoms with Gasteiger partial charge in [0.05, 0.1) is 5.56 Å². The van der Waals surface area contributed by atoms with Crippen molar-refractivity contribution >= 4 is 11.6 Å². The quantitative estimate of drug-likeness (QED) is 0.0821. The standard InChI is InChI=1S/C39H48N4O2/c1-2-3-4-5-6-7-8-9-10-11-12-13-14-15-19-26-36(45)40-33-29-27-32(28-30-33)38-41-37(31-22-17-16-18-23-31)42-39(43-38)34-24-20-21-25-35(34)44/h9-10,16-18,20-25,27-30,44H,2-8,11-15,19,26H2,1H3,(H,40,45). The molecule has 0 fully saturated rings. The predicted molar refractivity (Wildman–Crippen MR) is 186 cm³/mol. The van der Waals surface area contributed by atoms with Gasteiger partial charge < -0.3 is 10.4 Å². The maximum atomic E-state index is 12.6. The average Bonchev–Trinajstić information content (AvgIpc) is 3.07. The molecule has 0 aliphatic rings. The number of phenolic OH excluding ortho intramolecular Hbond substituents is 1. The van der Waals surface area contributed by atoms with Crippen molar-refractivity contribution in [2.24, 2.45) is 0 Å². The number of aromatic nitrogens is 3. The van der Waals surface area contributed by atoms with E-state index in [1.54, 1.807) is 18.2 Å². The van der Waals surface area contributed by atoms with E-state index in [9.17, 15) is 9.90 Å². The Morgan fingerprint density at radius 3 is 1.80 bits per heavy atom. The number of allylic oxidation sites excluding steroid dienone is 2. The van der Waals surface area contributed by atoms with Crippen LogP contribution in [0.1, 0.15) is 96.8 Å². The number of carbonyl (C=O) groups is 1. The van der Waals surface area contributed by atoms with Crippen molar-refractivity contribution in [3.8, 4) is 39.9 Å². The second kappa shape index (κ2) is 19.1. The summed E-state index contributed by atoms with van der Waals surface area (Å²) < 4.78 is 0. The number of benzene rings is 3. The van der Waals surface area contributed by atoms with Crippen LogP contribution >= 0.6 is 0 Å². The molecule has 0 saturated carbocycles. The van der Waals surface area contributed by atoms with Crippen LogP contribution in [0.4, 0.5) is 5.69 Å². The van der Waals surface area contributed by atoms with Gasteiger partial charge in [-0.05, 0) is 68.5 Å². The van der Waals surface area contributed by atoms with Crippen molar-refractivity contribution in [2.75, 3.05) is 5.32 Å². The van der Waals surface area contributed by atoms with E-state index in [0.717, 1.165) is 29.7 Å². The Bertz CT molecular complexity index is 1470. The number of phenols is 1. The summed E-state index contributed by atoms with van der Waals surface area (Å²) in [5.41, 5.74) is 2.94. The Kier molecular flexibility index (Phi) is 14.3. The van der Waals surface area contributed by atoms with E-state index in [4.69, 9.17) is 4.98 Å². The van der Waals surface area contributed by atoms with Crippen LogP contribution in [0.15, 0.2) is 91.0 Å².